The predicted molar refractivity (Wildman–Crippen MR) is 129 cm³/mol. The van der Waals surface area contributed by atoms with E-state index >= 15 is 0 Å². The largest absolute Gasteiger partial charge is 0.369 e. The Hall–Kier alpha value is -2.53. The first-order chi connectivity index (χ1) is 14.2. The third-order valence-corrected chi connectivity index (χ3v) is 7.35. The number of likely N-dealkylation sites (N-methyl/N-ethyl adjacent to an activating group) is 1. The van der Waals surface area contributed by atoms with Gasteiger partial charge in [0, 0.05) is 25.3 Å². The van der Waals surface area contributed by atoms with Gasteiger partial charge < -0.3 is 4.90 Å². The lowest BCUT2D eigenvalue weighted by atomic mass is 9.79. The van der Waals surface area contributed by atoms with Crippen LogP contribution in [0.25, 0.3) is 6.08 Å². The molecule has 2 aromatic rings. The minimum absolute atomic E-state index is 0.00176. The third-order valence-electron chi connectivity index (χ3n) is 6.29. The van der Waals surface area contributed by atoms with Crippen molar-refractivity contribution in [3.05, 3.63) is 64.1 Å². The molecule has 5 heteroatoms. The molecular weight excluding hydrogens is 390 g/mol. The average Bonchev–Trinajstić information content (AvgIpc) is 2.96. The number of aryl methyl sites for hydroxylation is 1. The number of hydrogen-bond donors (Lipinski definition) is 0. The lowest BCUT2D eigenvalue weighted by Crippen LogP contribution is -2.45. The molecule has 2 heterocycles. The van der Waals surface area contributed by atoms with Crippen molar-refractivity contribution in [1.29, 1.82) is 0 Å². The number of nitrogens with zero attached hydrogens (tertiary/aromatic N) is 3. The molecule has 4 nitrogen and oxygen atoms in total. The highest BCUT2D eigenvalue weighted by Gasteiger charge is 2.35. The Morgan fingerprint density at radius 1 is 1.17 bits per heavy atom. The molecular formula is C25H29N3OS. The number of amides is 1. The number of anilines is 1. The van der Waals surface area contributed by atoms with Crippen LogP contribution in [0.1, 0.15) is 49.8 Å². The molecule has 0 N–H and O–H groups in total. The smallest absolute Gasteiger partial charge is 0.266 e. The Labute approximate surface area is 183 Å². The second kappa shape index (κ2) is 7.62. The summed E-state index contributed by atoms with van der Waals surface area (Å²) in [4.78, 5) is 22.2. The summed E-state index contributed by atoms with van der Waals surface area (Å²) < 4.78 is 0. The van der Waals surface area contributed by atoms with Gasteiger partial charge in [0.1, 0.15) is 0 Å². The fourth-order valence-corrected chi connectivity index (χ4v) is 5.27. The number of carbonyl (C=O) groups is 1. The zero-order valence-corrected chi connectivity index (χ0v) is 19.4. The van der Waals surface area contributed by atoms with Crippen LogP contribution in [-0.2, 0) is 4.79 Å². The van der Waals surface area contributed by atoms with E-state index in [1.54, 1.807) is 11.9 Å². The van der Waals surface area contributed by atoms with Crippen LogP contribution in [0, 0.1) is 6.92 Å². The molecule has 0 spiro atoms. The van der Waals surface area contributed by atoms with Crippen molar-refractivity contribution < 1.29 is 4.79 Å². The molecule has 0 aliphatic carbocycles. The predicted octanol–water partition coefficient (Wildman–Crippen LogP) is 5.95. The first-order valence-electron chi connectivity index (χ1n) is 10.4. The van der Waals surface area contributed by atoms with Crippen LogP contribution < -0.4 is 4.90 Å². The molecule has 2 aromatic carbocycles. The molecule has 0 bridgehead atoms. The molecule has 2 aliphatic heterocycles. The van der Waals surface area contributed by atoms with Gasteiger partial charge in [-0.1, -0.05) is 25.1 Å². The van der Waals surface area contributed by atoms with E-state index in [0.29, 0.717) is 16.0 Å². The molecule has 156 valence electrons. The number of carbonyl (C=O) groups excluding carboxylic acids is 1. The first-order valence-corrected chi connectivity index (χ1v) is 11.2. The molecule has 0 saturated carbocycles. The van der Waals surface area contributed by atoms with E-state index in [2.05, 4.69) is 56.8 Å². The first kappa shape index (κ1) is 20.7. The maximum absolute atomic E-state index is 12.9. The normalized spacial score (nSPS) is 23.4. The van der Waals surface area contributed by atoms with Crippen LogP contribution >= 0.6 is 11.8 Å². The lowest BCUT2D eigenvalue weighted by molar-refractivity contribution is -0.121. The fourth-order valence-electron chi connectivity index (χ4n) is 4.30. The van der Waals surface area contributed by atoms with E-state index in [-0.39, 0.29) is 11.4 Å². The number of para-hydroxylation sites is 1. The van der Waals surface area contributed by atoms with E-state index in [4.69, 9.17) is 0 Å². The third kappa shape index (κ3) is 3.67. The zero-order chi connectivity index (χ0) is 21.6. The van der Waals surface area contributed by atoms with Gasteiger partial charge in [-0.2, -0.15) is 0 Å². The summed E-state index contributed by atoms with van der Waals surface area (Å²) in [5, 5.41) is 0.711. The van der Waals surface area contributed by atoms with Gasteiger partial charge in [-0.15, -0.1) is 0 Å². The molecule has 30 heavy (non-hydrogen) atoms. The van der Waals surface area contributed by atoms with Gasteiger partial charge in [0.05, 0.1) is 10.6 Å². The Morgan fingerprint density at radius 3 is 2.57 bits per heavy atom. The van der Waals surface area contributed by atoms with Gasteiger partial charge in [0.15, 0.2) is 5.17 Å². The SMILES string of the molecule is Cc1cc2c(cc1/C=C1\SC(=Nc3ccccc3)N(C)C1=O)[C@H](C)CC(C)(C)N2C. The van der Waals surface area contributed by atoms with Gasteiger partial charge in [-0.05, 0) is 91.9 Å². The Kier molecular flexibility index (Phi) is 5.27. The summed E-state index contributed by atoms with van der Waals surface area (Å²) in [6.07, 6.45) is 3.14. The lowest BCUT2D eigenvalue weighted by Gasteiger charge is -2.45. The Bertz CT molecular complexity index is 1060. The minimum Gasteiger partial charge on any atom is -0.369 e. The maximum atomic E-state index is 12.9. The molecule has 2 aliphatic rings. The van der Waals surface area contributed by atoms with E-state index in [1.807, 2.05) is 36.4 Å². The second-order valence-corrected chi connectivity index (χ2v) is 9.96. The molecule has 1 amide bonds. The van der Waals surface area contributed by atoms with E-state index in [0.717, 1.165) is 17.7 Å². The summed E-state index contributed by atoms with van der Waals surface area (Å²) in [5.74, 6) is 0.479. The summed E-state index contributed by atoms with van der Waals surface area (Å²) >= 11 is 1.44. The number of fused-ring (bicyclic) bond motifs is 1. The van der Waals surface area contributed by atoms with Crippen molar-refractivity contribution in [1.82, 2.24) is 4.90 Å². The second-order valence-electron chi connectivity index (χ2n) is 8.95. The van der Waals surface area contributed by atoms with Crippen molar-refractivity contribution in [2.75, 3.05) is 19.0 Å². The van der Waals surface area contributed by atoms with Gasteiger partial charge in [0.2, 0.25) is 0 Å². The van der Waals surface area contributed by atoms with Crippen LogP contribution in [-0.4, -0.2) is 35.6 Å². The summed E-state index contributed by atoms with van der Waals surface area (Å²) in [5.41, 5.74) is 5.94. The minimum atomic E-state index is -0.00176. The summed E-state index contributed by atoms with van der Waals surface area (Å²) in [7, 11) is 3.97. The van der Waals surface area contributed by atoms with Crippen molar-refractivity contribution in [2.24, 2.45) is 4.99 Å². The van der Waals surface area contributed by atoms with Crippen LogP contribution in [0.15, 0.2) is 52.4 Å². The van der Waals surface area contributed by atoms with Crippen molar-refractivity contribution >= 4 is 40.3 Å². The van der Waals surface area contributed by atoms with Crippen LogP contribution in [0.3, 0.4) is 0 Å². The molecule has 4 rings (SSSR count). The quantitative estimate of drug-likeness (QED) is 0.564. The van der Waals surface area contributed by atoms with Gasteiger partial charge in [0.25, 0.3) is 5.91 Å². The maximum Gasteiger partial charge on any atom is 0.266 e. The molecule has 0 unspecified atom stereocenters. The van der Waals surface area contributed by atoms with Crippen molar-refractivity contribution in [3.63, 3.8) is 0 Å². The monoisotopic (exact) mass is 419 g/mol. The molecule has 0 aromatic heterocycles. The van der Waals surface area contributed by atoms with E-state index in [9.17, 15) is 4.79 Å². The summed E-state index contributed by atoms with van der Waals surface area (Å²) in [6, 6.07) is 14.3. The topological polar surface area (TPSA) is 35.9 Å². The fraction of sp³-hybridized carbons (Fsp3) is 0.360. The standard InChI is InChI=1S/C25H29N3OS/c1-16-12-21-20(17(2)15-25(3,4)28(21)6)13-18(16)14-22-23(29)27(5)24(30-22)26-19-10-8-7-9-11-19/h7-14,17H,15H2,1-6H3/b22-14-,26-24?/t17-/m1/s1. The highest BCUT2D eigenvalue weighted by atomic mass is 32.2. The molecule has 1 atom stereocenters. The number of hydrogen-bond acceptors (Lipinski definition) is 4. The Balaban J connectivity index is 1.70. The van der Waals surface area contributed by atoms with Crippen molar-refractivity contribution in [3.8, 4) is 0 Å². The van der Waals surface area contributed by atoms with E-state index in [1.165, 1.54) is 28.6 Å². The van der Waals surface area contributed by atoms with Gasteiger partial charge >= 0.3 is 0 Å². The van der Waals surface area contributed by atoms with Crippen LogP contribution in [0.2, 0.25) is 0 Å². The van der Waals surface area contributed by atoms with Crippen LogP contribution in [0.5, 0.6) is 0 Å². The van der Waals surface area contributed by atoms with Crippen molar-refractivity contribution in [2.45, 2.75) is 45.6 Å². The highest BCUT2D eigenvalue weighted by Crippen LogP contribution is 2.44. The number of amidine groups is 1. The highest BCUT2D eigenvalue weighted by molar-refractivity contribution is 8.18. The van der Waals surface area contributed by atoms with Gasteiger partial charge in [-0.25, -0.2) is 4.99 Å². The number of rotatable bonds is 2. The van der Waals surface area contributed by atoms with E-state index < -0.39 is 0 Å². The summed E-state index contributed by atoms with van der Waals surface area (Å²) in [6.45, 7) is 9.02. The Morgan fingerprint density at radius 2 is 1.87 bits per heavy atom. The zero-order valence-electron chi connectivity index (χ0n) is 18.6. The number of thioether (sulfide) groups is 1. The number of aliphatic imine (C=N–C) groups is 1. The molecule has 1 saturated heterocycles. The van der Waals surface area contributed by atoms with Gasteiger partial charge in [-0.3, -0.25) is 9.69 Å². The molecule has 1 fully saturated rings. The number of benzene rings is 2. The van der Waals surface area contributed by atoms with Crippen LogP contribution in [0.4, 0.5) is 11.4 Å². The average molecular weight is 420 g/mol. The molecule has 0 radical (unpaired) electrons.